The molecule has 14 heavy (non-hydrogen) atoms. The normalized spacial score (nSPS) is 21.9. The van der Waals surface area contributed by atoms with E-state index in [-0.39, 0.29) is 18.6 Å². The second kappa shape index (κ2) is 4.95. The van der Waals surface area contributed by atoms with E-state index in [0.717, 1.165) is 13.1 Å². The zero-order chi connectivity index (χ0) is 10.6. The molecule has 0 saturated carbocycles. The van der Waals surface area contributed by atoms with Crippen molar-refractivity contribution < 1.29 is 14.3 Å². The Balaban J connectivity index is 2.38. The van der Waals surface area contributed by atoms with Crippen LogP contribution in [0.25, 0.3) is 0 Å². The molecule has 0 aliphatic carbocycles. The van der Waals surface area contributed by atoms with Crippen molar-refractivity contribution in [1.82, 2.24) is 10.2 Å². The molecule has 5 heteroatoms. The van der Waals surface area contributed by atoms with Crippen LogP contribution in [0.5, 0.6) is 0 Å². The summed E-state index contributed by atoms with van der Waals surface area (Å²) < 4.78 is 4.65. The molecule has 1 N–H and O–H groups in total. The number of esters is 1. The number of hydrogen-bond donors (Lipinski definition) is 1. The fourth-order valence-electron chi connectivity index (χ4n) is 1.46. The van der Waals surface area contributed by atoms with E-state index in [9.17, 15) is 9.59 Å². The van der Waals surface area contributed by atoms with Gasteiger partial charge >= 0.3 is 5.97 Å². The van der Waals surface area contributed by atoms with Gasteiger partial charge in [-0.1, -0.05) is 0 Å². The van der Waals surface area contributed by atoms with Crippen molar-refractivity contribution in [2.24, 2.45) is 0 Å². The molecule has 1 heterocycles. The molecule has 80 valence electrons. The van der Waals surface area contributed by atoms with E-state index in [0.29, 0.717) is 6.54 Å². The first-order valence-electron chi connectivity index (χ1n) is 4.75. The summed E-state index contributed by atoms with van der Waals surface area (Å²) in [4.78, 5) is 23.8. The zero-order valence-electron chi connectivity index (χ0n) is 8.58. The van der Waals surface area contributed by atoms with E-state index in [2.05, 4.69) is 10.1 Å². The first kappa shape index (κ1) is 11.0. The van der Waals surface area contributed by atoms with E-state index in [1.807, 2.05) is 6.92 Å². The van der Waals surface area contributed by atoms with Crippen molar-refractivity contribution in [1.29, 1.82) is 0 Å². The van der Waals surface area contributed by atoms with Gasteiger partial charge in [0.25, 0.3) is 5.91 Å². The molecule has 0 bridgehead atoms. The lowest BCUT2D eigenvalue weighted by Crippen LogP contribution is -2.53. The topological polar surface area (TPSA) is 58.6 Å². The fraction of sp³-hybridized carbons (Fsp3) is 0.778. The average molecular weight is 200 g/mol. The van der Waals surface area contributed by atoms with Gasteiger partial charge in [-0.25, -0.2) is 0 Å². The third-order valence-electron chi connectivity index (χ3n) is 2.22. The highest BCUT2D eigenvalue weighted by molar-refractivity contribution is 5.80. The van der Waals surface area contributed by atoms with Crippen LogP contribution < -0.4 is 5.32 Å². The summed E-state index contributed by atoms with van der Waals surface area (Å²) in [5.41, 5.74) is 0. The minimum Gasteiger partial charge on any atom is -0.456 e. The Kier molecular flexibility index (Phi) is 3.88. The van der Waals surface area contributed by atoms with E-state index in [4.69, 9.17) is 0 Å². The van der Waals surface area contributed by atoms with Gasteiger partial charge in [-0.2, -0.15) is 0 Å². The highest BCUT2D eigenvalue weighted by Gasteiger charge is 2.23. The van der Waals surface area contributed by atoms with Crippen molar-refractivity contribution in [3.05, 3.63) is 0 Å². The predicted molar refractivity (Wildman–Crippen MR) is 50.7 cm³/mol. The number of carbonyl (C=O) groups excluding carboxylic acids is 2. The van der Waals surface area contributed by atoms with E-state index >= 15 is 0 Å². The van der Waals surface area contributed by atoms with Crippen LogP contribution in [0.15, 0.2) is 0 Å². The summed E-state index contributed by atoms with van der Waals surface area (Å²) >= 11 is 0. The maximum absolute atomic E-state index is 11.5. The molecular formula is C9H16N2O3. The maximum Gasteiger partial charge on any atom is 0.303 e. The summed E-state index contributed by atoms with van der Waals surface area (Å²) in [5.74, 6) is -0.532. The SMILES string of the molecule is CC(=O)OCC(=O)N1CCNC[C@H]1C. The standard InChI is InChI=1S/C9H16N2O3/c1-7-5-10-3-4-11(7)9(13)6-14-8(2)12/h7,10H,3-6H2,1-2H3/t7-/m1/s1. The van der Waals surface area contributed by atoms with Crippen molar-refractivity contribution in [2.45, 2.75) is 19.9 Å². The van der Waals surface area contributed by atoms with Gasteiger partial charge in [0.05, 0.1) is 0 Å². The number of nitrogens with one attached hydrogen (secondary N) is 1. The molecule has 5 nitrogen and oxygen atoms in total. The van der Waals surface area contributed by atoms with Crippen molar-refractivity contribution >= 4 is 11.9 Å². The van der Waals surface area contributed by atoms with Crippen molar-refractivity contribution in [3.8, 4) is 0 Å². The van der Waals surface area contributed by atoms with E-state index < -0.39 is 5.97 Å². The predicted octanol–water partition coefficient (Wildman–Crippen LogP) is -0.630. The Morgan fingerprint density at radius 1 is 1.57 bits per heavy atom. The monoisotopic (exact) mass is 200 g/mol. The number of ether oxygens (including phenoxy) is 1. The molecule has 0 aromatic heterocycles. The Hall–Kier alpha value is -1.10. The number of amides is 1. The van der Waals surface area contributed by atoms with Crippen LogP contribution in [0.3, 0.4) is 0 Å². The second-order valence-corrected chi connectivity index (χ2v) is 3.42. The van der Waals surface area contributed by atoms with Gasteiger partial charge < -0.3 is 15.0 Å². The average Bonchev–Trinajstić information content (AvgIpc) is 2.15. The lowest BCUT2D eigenvalue weighted by atomic mass is 10.2. The summed E-state index contributed by atoms with van der Waals surface area (Å²) in [7, 11) is 0. The van der Waals surface area contributed by atoms with Crippen LogP contribution in [0.2, 0.25) is 0 Å². The fourth-order valence-corrected chi connectivity index (χ4v) is 1.46. The molecular weight excluding hydrogens is 184 g/mol. The van der Waals surface area contributed by atoms with Gasteiger partial charge in [-0.05, 0) is 6.92 Å². The van der Waals surface area contributed by atoms with Crippen LogP contribution >= 0.6 is 0 Å². The van der Waals surface area contributed by atoms with Gasteiger partial charge in [0.1, 0.15) is 0 Å². The summed E-state index contributed by atoms with van der Waals surface area (Å²) in [6.07, 6.45) is 0. The Morgan fingerprint density at radius 2 is 2.29 bits per heavy atom. The van der Waals surface area contributed by atoms with Gasteiger partial charge in [0.15, 0.2) is 6.61 Å². The number of carbonyl (C=O) groups is 2. The molecule has 1 fully saturated rings. The first-order valence-corrected chi connectivity index (χ1v) is 4.75. The highest BCUT2D eigenvalue weighted by Crippen LogP contribution is 2.02. The molecule has 0 radical (unpaired) electrons. The number of rotatable bonds is 2. The van der Waals surface area contributed by atoms with Gasteiger partial charge in [0, 0.05) is 32.6 Å². The Bertz CT molecular complexity index is 230. The molecule has 1 rings (SSSR count). The highest BCUT2D eigenvalue weighted by atomic mass is 16.5. The number of piperazine rings is 1. The molecule has 1 amide bonds. The molecule has 1 aliphatic rings. The van der Waals surface area contributed by atoms with Crippen LogP contribution in [0.1, 0.15) is 13.8 Å². The maximum atomic E-state index is 11.5. The van der Waals surface area contributed by atoms with Gasteiger partial charge in [-0.15, -0.1) is 0 Å². The molecule has 0 unspecified atom stereocenters. The van der Waals surface area contributed by atoms with Crippen molar-refractivity contribution in [3.63, 3.8) is 0 Å². The molecule has 1 atom stereocenters. The quantitative estimate of drug-likeness (QED) is 0.603. The molecule has 1 aliphatic heterocycles. The van der Waals surface area contributed by atoms with Gasteiger partial charge in [-0.3, -0.25) is 9.59 Å². The van der Waals surface area contributed by atoms with E-state index in [1.54, 1.807) is 4.90 Å². The second-order valence-electron chi connectivity index (χ2n) is 3.42. The lowest BCUT2D eigenvalue weighted by Gasteiger charge is -2.33. The zero-order valence-corrected chi connectivity index (χ0v) is 8.58. The Morgan fingerprint density at radius 3 is 2.86 bits per heavy atom. The van der Waals surface area contributed by atoms with Crippen LogP contribution in [-0.4, -0.2) is 49.1 Å². The molecule has 0 aromatic carbocycles. The van der Waals surface area contributed by atoms with E-state index in [1.165, 1.54) is 6.92 Å². The minimum atomic E-state index is -0.416. The van der Waals surface area contributed by atoms with Crippen LogP contribution in [-0.2, 0) is 14.3 Å². The first-order chi connectivity index (χ1) is 6.61. The third-order valence-corrected chi connectivity index (χ3v) is 2.22. The summed E-state index contributed by atoms with van der Waals surface area (Å²) in [6, 6.07) is 0.173. The molecule has 0 spiro atoms. The van der Waals surface area contributed by atoms with Gasteiger partial charge in [0.2, 0.25) is 0 Å². The minimum absolute atomic E-state index is 0.116. The summed E-state index contributed by atoms with van der Waals surface area (Å²) in [6.45, 7) is 5.41. The number of hydrogen-bond acceptors (Lipinski definition) is 4. The molecule has 0 aromatic rings. The lowest BCUT2D eigenvalue weighted by molar-refractivity contribution is -0.151. The third kappa shape index (κ3) is 2.99. The number of nitrogens with zero attached hydrogens (tertiary/aromatic N) is 1. The van der Waals surface area contributed by atoms with Crippen molar-refractivity contribution in [2.75, 3.05) is 26.2 Å². The smallest absolute Gasteiger partial charge is 0.303 e. The van der Waals surface area contributed by atoms with Crippen LogP contribution in [0.4, 0.5) is 0 Å². The summed E-state index contributed by atoms with van der Waals surface area (Å²) in [5, 5.41) is 3.18. The Labute approximate surface area is 83.4 Å². The molecule has 1 saturated heterocycles. The van der Waals surface area contributed by atoms with Crippen LogP contribution in [0, 0.1) is 0 Å². The largest absolute Gasteiger partial charge is 0.456 e.